The van der Waals surface area contributed by atoms with Crippen molar-refractivity contribution in [2.24, 2.45) is 0 Å². The van der Waals surface area contributed by atoms with Gasteiger partial charge in [0.05, 0.1) is 23.4 Å². The number of nitrogens with one attached hydrogen (secondary N) is 1. The molecular formula is C19H20N2O3S. The topological polar surface area (TPSA) is 60.5 Å². The van der Waals surface area contributed by atoms with Crippen LogP contribution in [-0.4, -0.2) is 24.1 Å². The lowest BCUT2D eigenvalue weighted by molar-refractivity contribution is 0.102. The van der Waals surface area contributed by atoms with E-state index in [4.69, 9.17) is 9.47 Å². The fourth-order valence-electron chi connectivity index (χ4n) is 2.45. The Kier molecular flexibility index (Phi) is 5.19. The van der Waals surface area contributed by atoms with Crippen molar-refractivity contribution in [3.63, 3.8) is 0 Å². The number of rotatable bonds is 6. The summed E-state index contributed by atoms with van der Waals surface area (Å²) >= 11 is 1.46. The molecule has 0 aliphatic carbocycles. The third-order valence-electron chi connectivity index (χ3n) is 3.57. The van der Waals surface area contributed by atoms with Crippen LogP contribution in [-0.2, 0) is 0 Å². The lowest BCUT2D eigenvalue weighted by atomic mass is 10.2. The molecule has 130 valence electrons. The maximum absolute atomic E-state index is 12.5. The lowest BCUT2D eigenvalue weighted by Crippen LogP contribution is -2.12. The Balaban J connectivity index is 1.82. The second-order valence-corrected chi connectivity index (χ2v) is 6.50. The highest BCUT2D eigenvalue weighted by molar-refractivity contribution is 7.22. The van der Waals surface area contributed by atoms with Gasteiger partial charge in [-0.2, -0.15) is 0 Å². The van der Waals surface area contributed by atoms with Crippen LogP contribution in [0.5, 0.6) is 11.5 Å². The molecule has 3 aromatic rings. The first-order valence-corrected chi connectivity index (χ1v) is 9.00. The highest BCUT2D eigenvalue weighted by Crippen LogP contribution is 2.30. The zero-order valence-corrected chi connectivity index (χ0v) is 15.3. The first kappa shape index (κ1) is 17.2. The molecule has 1 heterocycles. The number of aromatic nitrogens is 1. The van der Waals surface area contributed by atoms with Gasteiger partial charge in [0.1, 0.15) is 0 Å². The second-order valence-electron chi connectivity index (χ2n) is 5.47. The number of anilines is 1. The van der Waals surface area contributed by atoms with Crippen molar-refractivity contribution in [2.45, 2.75) is 20.8 Å². The van der Waals surface area contributed by atoms with Gasteiger partial charge in [-0.1, -0.05) is 17.4 Å². The molecule has 3 rings (SSSR count). The lowest BCUT2D eigenvalue weighted by Gasteiger charge is -2.12. The summed E-state index contributed by atoms with van der Waals surface area (Å²) in [4.78, 5) is 17.0. The van der Waals surface area contributed by atoms with Crippen molar-refractivity contribution in [3.05, 3.63) is 47.5 Å². The molecule has 25 heavy (non-hydrogen) atoms. The third kappa shape index (κ3) is 3.91. The highest BCUT2D eigenvalue weighted by atomic mass is 32.1. The Bertz CT molecular complexity index is 905. The Labute approximate surface area is 150 Å². The van der Waals surface area contributed by atoms with Gasteiger partial charge in [-0.15, -0.1) is 0 Å². The van der Waals surface area contributed by atoms with E-state index >= 15 is 0 Å². The van der Waals surface area contributed by atoms with Crippen LogP contribution in [0.3, 0.4) is 0 Å². The predicted molar refractivity (Wildman–Crippen MR) is 101 cm³/mol. The standard InChI is InChI=1S/C19H20N2O3S/c1-4-23-15-9-7-13(11-16(15)24-5-2)18(22)21-19-20-14-8-6-12(3)10-17(14)25-19/h6-11H,4-5H2,1-3H3,(H,20,21,22). The number of carbonyl (C=O) groups excluding carboxylic acids is 1. The van der Waals surface area contributed by atoms with Gasteiger partial charge < -0.3 is 9.47 Å². The maximum atomic E-state index is 12.5. The summed E-state index contributed by atoms with van der Waals surface area (Å²) in [5.41, 5.74) is 2.55. The predicted octanol–water partition coefficient (Wildman–Crippen LogP) is 4.65. The van der Waals surface area contributed by atoms with Gasteiger partial charge in [0.15, 0.2) is 16.6 Å². The molecule has 0 bridgehead atoms. The van der Waals surface area contributed by atoms with Crippen LogP contribution in [0.25, 0.3) is 10.2 Å². The van der Waals surface area contributed by atoms with Crippen LogP contribution in [0.1, 0.15) is 29.8 Å². The summed E-state index contributed by atoms with van der Waals surface area (Å²) < 4.78 is 12.2. The van der Waals surface area contributed by atoms with Crippen molar-refractivity contribution in [3.8, 4) is 11.5 Å². The summed E-state index contributed by atoms with van der Waals surface area (Å²) in [6.07, 6.45) is 0. The van der Waals surface area contributed by atoms with Crippen LogP contribution >= 0.6 is 11.3 Å². The molecule has 0 spiro atoms. The van der Waals surface area contributed by atoms with Crippen LogP contribution in [0.15, 0.2) is 36.4 Å². The summed E-state index contributed by atoms with van der Waals surface area (Å²) in [5, 5.41) is 3.44. The zero-order chi connectivity index (χ0) is 17.8. The molecule has 0 aliphatic rings. The minimum Gasteiger partial charge on any atom is -0.490 e. The molecule has 6 heteroatoms. The number of fused-ring (bicyclic) bond motifs is 1. The number of hydrogen-bond donors (Lipinski definition) is 1. The molecule has 0 unspecified atom stereocenters. The van der Waals surface area contributed by atoms with E-state index in [1.807, 2.05) is 32.9 Å². The van der Waals surface area contributed by atoms with E-state index < -0.39 is 0 Å². The van der Waals surface area contributed by atoms with E-state index in [1.165, 1.54) is 16.9 Å². The normalized spacial score (nSPS) is 10.7. The van der Waals surface area contributed by atoms with Crippen LogP contribution in [0.2, 0.25) is 0 Å². The average Bonchev–Trinajstić information content (AvgIpc) is 2.98. The number of nitrogens with zero attached hydrogens (tertiary/aromatic N) is 1. The molecule has 1 aromatic heterocycles. The quantitative estimate of drug-likeness (QED) is 0.698. The molecule has 0 fully saturated rings. The summed E-state index contributed by atoms with van der Waals surface area (Å²) in [5.74, 6) is 0.980. The van der Waals surface area contributed by atoms with Gasteiger partial charge in [-0.25, -0.2) is 4.98 Å². The van der Waals surface area contributed by atoms with Crippen LogP contribution in [0, 0.1) is 6.92 Å². The number of hydrogen-bond acceptors (Lipinski definition) is 5. The van der Waals surface area contributed by atoms with Gasteiger partial charge in [0.25, 0.3) is 5.91 Å². The summed E-state index contributed by atoms with van der Waals surface area (Å²) in [6, 6.07) is 11.2. The van der Waals surface area contributed by atoms with Gasteiger partial charge in [0.2, 0.25) is 0 Å². The fraction of sp³-hybridized carbons (Fsp3) is 0.263. The smallest absolute Gasteiger partial charge is 0.257 e. The molecule has 2 aromatic carbocycles. The summed E-state index contributed by atoms with van der Waals surface area (Å²) in [6.45, 7) is 6.88. The minimum atomic E-state index is -0.222. The van der Waals surface area contributed by atoms with Gasteiger partial charge in [-0.05, 0) is 56.7 Å². The van der Waals surface area contributed by atoms with E-state index in [0.29, 0.717) is 35.4 Å². The zero-order valence-electron chi connectivity index (χ0n) is 14.5. The number of amides is 1. The van der Waals surface area contributed by atoms with Gasteiger partial charge >= 0.3 is 0 Å². The molecule has 1 N–H and O–H groups in total. The van der Waals surface area contributed by atoms with Crippen molar-refractivity contribution < 1.29 is 14.3 Å². The molecule has 0 saturated carbocycles. The Morgan fingerprint density at radius 2 is 1.84 bits per heavy atom. The monoisotopic (exact) mass is 356 g/mol. The van der Waals surface area contributed by atoms with Crippen LogP contribution < -0.4 is 14.8 Å². The van der Waals surface area contributed by atoms with E-state index in [-0.39, 0.29) is 5.91 Å². The molecule has 0 aliphatic heterocycles. The van der Waals surface area contributed by atoms with Crippen molar-refractivity contribution in [1.82, 2.24) is 4.98 Å². The van der Waals surface area contributed by atoms with E-state index in [0.717, 1.165) is 10.2 Å². The molecular weight excluding hydrogens is 336 g/mol. The van der Waals surface area contributed by atoms with Crippen LogP contribution in [0.4, 0.5) is 5.13 Å². The minimum absolute atomic E-state index is 0.222. The van der Waals surface area contributed by atoms with Crippen molar-refractivity contribution in [1.29, 1.82) is 0 Å². The Hall–Kier alpha value is -2.60. The first-order chi connectivity index (χ1) is 12.1. The Morgan fingerprint density at radius 3 is 2.60 bits per heavy atom. The fourth-order valence-corrected chi connectivity index (χ4v) is 3.41. The molecule has 0 atom stereocenters. The number of thiazole rings is 1. The molecule has 5 nitrogen and oxygen atoms in total. The Morgan fingerprint density at radius 1 is 1.08 bits per heavy atom. The number of benzene rings is 2. The number of carbonyl (C=O) groups is 1. The number of ether oxygens (including phenoxy) is 2. The summed E-state index contributed by atoms with van der Waals surface area (Å²) in [7, 11) is 0. The number of aryl methyl sites for hydroxylation is 1. The molecule has 0 radical (unpaired) electrons. The largest absolute Gasteiger partial charge is 0.490 e. The molecule has 0 saturated heterocycles. The highest BCUT2D eigenvalue weighted by Gasteiger charge is 2.13. The second kappa shape index (κ2) is 7.53. The third-order valence-corrected chi connectivity index (χ3v) is 4.50. The van der Waals surface area contributed by atoms with Crippen molar-refractivity contribution >= 4 is 32.6 Å². The SMILES string of the molecule is CCOc1ccc(C(=O)Nc2nc3ccc(C)cc3s2)cc1OCC. The van der Waals surface area contributed by atoms with Gasteiger partial charge in [0, 0.05) is 5.56 Å². The van der Waals surface area contributed by atoms with E-state index in [1.54, 1.807) is 18.2 Å². The molecule has 1 amide bonds. The van der Waals surface area contributed by atoms with Crippen molar-refractivity contribution in [2.75, 3.05) is 18.5 Å². The van der Waals surface area contributed by atoms with E-state index in [9.17, 15) is 4.79 Å². The average molecular weight is 356 g/mol. The maximum Gasteiger partial charge on any atom is 0.257 e. The first-order valence-electron chi connectivity index (χ1n) is 8.19. The van der Waals surface area contributed by atoms with E-state index in [2.05, 4.69) is 16.4 Å². The van der Waals surface area contributed by atoms with Gasteiger partial charge in [-0.3, -0.25) is 10.1 Å².